The van der Waals surface area contributed by atoms with Gasteiger partial charge in [-0.05, 0) is 31.7 Å². The van der Waals surface area contributed by atoms with E-state index in [1.165, 1.54) is 18.6 Å². The SMILES string of the molecule is O=[N+]([O-])c1ccc2nc(N(CCCO)C3CCC3)[nH]c2c1. The maximum Gasteiger partial charge on any atom is 0.271 e. The molecule has 2 aromatic rings. The van der Waals surface area contributed by atoms with Crippen LogP contribution in [0.1, 0.15) is 25.7 Å². The molecule has 1 aliphatic carbocycles. The van der Waals surface area contributed by atoms with Gasteiger partial charge in [0.05, 0.1) is 16.0 Å². The number of nitrogens with one attached hydrogen (secondary N) is 1. The minimum atomic E-state index is -0.407. The number of fused-ring (bicyclic) bond motifs is 1. The number of hydrogen-bond acceptors (Lipinski definition) is 5. The molecule has 7 nitrogen and oxygen atoms in total. The van der Waals surface area contributed by atoms with Crippen molar-refractivity contribution in [3.05, 3.63) is 28.3 Å². The highest BCUT2D eigenvalue weighted by Gasteiger charge is 2.27. The largest absolute Gasteiger partial charge is 0.396 e. The number of aliphatic hydroxyl groups excluding tert-OH is 1. The van der Waals surface area contributed by atoms with E-state index in [-0.39, 0.29) is 12.3 Å². The number of aliphatic hydroxyl groups is 1. The lowest BCUT2D eigenvalue weighted by Crippen LogP contribution is -2.41. The first-order valence-corrected chi connectivity index (χ1v) is 7.20. The number of nitro groups is 1. The van der Waals surface area contributed by atoms with Crippen molar-refractivity contribution in [3.63, 3.8) is 0 Å². The minimum Gasteiger partial charge on any atom is -0.396 e. The third-order valence-corrected chi connectivity index (χ3v) is 4.01. The third kappa shape index (κ3) is 2.69. The highest BCUT2D eigenvalue weighted by atomic mass is 16.6. The summed E-state index contributed by atoms with van der Waals surface area (Å²) in [5.74, 6) is 0.739. The number of hydrogen-bond donors (Lipinski definition) is 2. The normalized spacial score (nSPS) is 15.1. The van der Waals surface area contributed by atoms with Gasteiger partial charge >= 0.3 is 0 Å². The molecular weight excluding hydrogens is 272 g/mol. The molecule has 1 fully saturated rings. The van der Waals surface area contributed by atoms with Gasteiger partial charge in [-0.1, -0.05) is 0 Å². The Morgan fingerprint density at radius 1 is 1.48 bits per heavy atom. The average molecular weight is 290 g/mol. The number of non-ortho nitro benzene ring substituents is 1. The number of anilines is 1. The molecule has 1 heterocycles. The summed E-state index contributed by atoms with van der Waals surface area (Å²) < 4.78 is 0. The Hall–Kier alpha value is -2.15. The summed E-state index contributed by atoms with van der Waals surface area (Å²) in [7, 11) is 0. The second-order valence-electron chi connectivity index (χ2n) is 5.37. The summed E-state index contributed by atoms with van der Waals surface area (Å²) in [4.78, 5) is 20.3. The van der Waals surface area contributed by atoms with Crippen LogP contribution in [0.5, 0.6) is 0 Å². The van der Waals surface area contributed by atoms with Gasteiger partial charge in [0, 0.05) is 31.3 Å². The van der Waals surface area contributed by atoms with Crippen LogP contribution < -0.4 is 4.90 Å². The Kier molecular flexibility index (Phi) is 3.74. The molecule has 7 heteroatoms. The number of nitro benzene ring substituents is 1. The number of aromatic nitrogens is 2. The van der Waals surface area contributed by atoms with Crippen molar-refractivity contribution in [3.8, 4) is 0 Å². The molecule has 0 aliphatic heterocycles. The van der Waals surface area contributed by atoms with Gasteiger partial charge in [-0.2, -0.15) is 0 Å². The van der Waals surface area contributed by atoms with Gasteiger partial charge in [-0.3, -0.25) is 10.1 Å². The second kappa shape index (κ2) is 5.69. The molecular formula is C14H18N4O3. The first-order valence-electron chi connectivity index (χ1n) is 7.20. The molecule has 0 amide bonds. The molecule has 21 heavy (non-hydrogen) atoms. The van der Waals surface area contributed by atoms with Gasteiger partial charge in [0.15, 0.2) is 0 Å². The van der Waals surface area contributed by atoms with E-state index >= 15 is 0 Å². The third-order valence-electron chi connectivity index (χ3n) is 4.01. The fourth-order valence-corrected chi connectivity index (χ4v) is 2.63. The molecule has 0 unspecified atom stereocenters. The second-order valence-corrected chi connectivity index (χ2v) is 5.37. The number of imidazole rings is 1. The van der Waals surface area contributed by atoms with Crippen molar-refractivity contribution in [2.24, 2.45) is 0 Å². The Bertz CT molecular complexity index is 651. The lowest BCUT2D eigenvalue weighted by Gasteiger charge is -2.37. The fourth-order valence-electron chi connectivity index (χ4n) is 2.63. The molecule has 1 aromatic heterocycles. The summed E-state index contributed by atoms with van der Waals surface area (Å²) >= 11 is 0. The molecule has 112 valence electrons. The zero-order valence-electron chi connectivity index (χ0n) is 11.7. The summed E-state index contributed by atoms with van der Waals surface area (Å²) in [5.41, 5.74) is 1.46. The molecule has 0 spiro atoms. The van der Waals surface area contributed by atoms with Crippen LogP contribution in [-0.4, -0.2) is 39.2 Å². The Labute approximate surface area is 121 Å². The van der Waals surface area contributed by atoms with E-state index in [0.717, 1.165) is 30.9 Å². The molecule has 2 N–H and O–H groups in total. The summed E-state index contributed by atoms with van der Waals surface area (Å²) in [5, 5.41) is 19.9. The highest BCUT2D eigenvalue weighted by molar-refractivity contribution is 5.80. The number of nitrogens with zero attached hydrogens (tertiary/aromatic N) is 3. The Morgan fingerprint density at radius 2 is 2.29 bits per heavy atom. The lowest BCUT2D eigenvalue weighted by molar-refractivity contribution is -0.384. The van der Waals surface area contributed by atoms with E-state index in [4.69, 9.17) is 5.11 Å². The van der Waals surface area contributed by atoms with Crippen LogP contribution in [0.3, 0.4) is 0 Å². The smallest absolute Gasteiger partial charge is 0.271 e. The predicted molar refractivity (Wildman–Crippen MR) is 79.4 cm³/mol. The molecule has 1 saturated carbocycles. The van der Waals surface area contributed by atoms with E-state index in [2.05, 4.69) is 14.9 Å². The van der Waals surface area contributed by atoms with Crippen LogP contribution in [0.2, 0.25) is 0 Å². The topological polar surface area (TPSA) is 95.3 Å². The van der Waals surface area contributed by atoms with Crippen molar-refractivity contribution in [1.82, 2.24) is 9.97 Å². The van der Waals surface area contributed by atoms with Gasteiger partial charge < -0.3 is 15.0 Å². The summed E-state index contributed by atoms with van der Waals surface area (Å²) in [6, 6.07) is 5.09. The molecule has 0 radical (unpaired) electrons. The number of aromatic amines is 1. The molecule has 1 aromatic carbocycles. The quantitative estimate of drug-likeness (QED) is 0.628. The van der Waals surface area contributed by atoms with Crippen LogP contribution in [0.4, 0.5) is 11.6 Å². The van der Waals surface area contributed by atoms with Crippen LogP contribution in [0.25, 0.3) is 11.0 Å². The van der Waals surface area contributed by atoms with Gasteiger partial charge in [-0.15, -0.1) is 0 Å². The highest BCUT2D eigenvalue weighted by Crippen LogP contribution is 2.30. The predicted octanol–water partition coefficient (Wildman–Crippen LogP) is 2.21. The monoisotopic (exact) mass is 290 g/mol. The summed E-state index contributed by atoms with van der Waals surface area (Å²) in [6.07, 6.45) is 4.16. The van der Waals surface area contributed by atoms with Crippen molar-refractivity contribution in [1.29, 1.82) is 0 Å². The number of benzene rings is 1. The molecule has 1 aliphatic rings. The van der Waals surface area contributed by atoms with E-state index in [1.807, 2.05) is 0 Å². The fraction of sp³-hybridized carbons (Fsp3) is 0.500. The van der Waals surface area contributed by atoms with Gasteiger partial charge in [0.2, 0.25) is 5.95 Å². The van der Waals surface area contributed by atoms with E-state index in [9.17, 15) is 10.1 Å². The maximum absolute atomic E-state index is 10.8. The van der Waals surface area contributed by atoms with Gasteiger partial charge in [0.25, 0.3) is 5.69 Å². The zero-order chi connectivity index (χ0) is 14.8. The molecule has 0 bridgehead atoms. The van der Waals surface area contributed by atoms with Crippen LogP contribution >= 0.6 is 0 Å². The van der Waals surface area contributed by atoms with Crippen LogP contribution in [0, 0.1) is 10.1 Å². The molecule has 0 saturated heterocycles. The van der Waals surface area contributed by atoms with Crippen molar-refractivity contribution < 1.29 is 10.0 Å². The van der Waals surface area contributed by atoms with Gasteiger partial charge in [-0.25, -0.2) is 4.98 Å². The Balaban J connectivity index is 1.91. The molecule has 3 rings (SSSR count). The number of H-pyrrole nitrogens is 1. The Morgan fingerprint density at radius 3 is 2.90 bits per heavy atom. The van der Waals surface area contributed by atoms with Crippen LogP contribution in [0.15, 0.2) is 18.2 Å². The maximum atomic E-state index is 10.8. The molecule has 0 atom stereocenters. The standard InChI is InChI=1S/C14H18N4O3/c19-8-2-7-17(10-3-1-4-10)14-15-12-6-5-11(18(20)21)9-13(12)16-14/h5-6,9-10,19H,1-4,7-8H2,(H,15,16). The lowest BCUT2D eigenvalue weighted by atomic mass is 9.91. The first kappa shape index (κ1) is 13.8. The average Bonchev–Trinajstić information content (AvgIpc) is 2.83. The first-order chi connectivity index (χ1) is 10.2. The van der Waals surface area contributed by atoms with Crippen molar-refractivity contribution in [2.45, 2.75) is 31.7 Å². The van der Waals surface area contributed by atoms with Gasteiger partial charge in [0.1, 0.15) is 0 Å². The van der Waals surface area contributed by atoms with Crippen LogP contribution in [-0.2, 0) is 0 Å². The minimum absolute atomic E-state index is 0.0586. The van der Waals surface area contributed by atoms with Crippen molar-refractivity contribution >= 4 is 22.7 Å². The number of rotatable bonds is 6. The van der Waals surface area contributed by atoms with E-state index in [1.54, 1.807) is 6.07 Å². The van der Waals surface area contributed by atoms with E-state index < -0.39 is 4.92 Å². The summed E-state index contributed by atoms with van der Waals surface area (Å²) in [6.45, 7) is 0.887. The van der Waals surface area contributed by atoms with E-state index in [0.29, 0.717) is 18.0 Å². The van der Waals surface area contributed by atoms with Crippen molar-refractivity contribution in [2.75, 3.05) is 18.1 Å². The zero-order valence-corrected chi connectivity index (χ0v) is 11.7.